The van der Waals surface area contributed by atoms with Crippen LogP contribution in [0.3, 0.4) is 0 Å². The highest BCUT2D eigenvalue weighted by molar-refractivity contribution is 7.07. The minimum Gasteiger partial charge on any atom is -0.469 e. The number of aromatic nitrogens is 3. The van der Waals surface area contributed by atoms with Gasteiger partial charge in [0, 0.05) is 18.3 Å². The normalized spacial score (nSPS) is 24.4. The van der Waals surface area contributed by atoms with Crippen LogP contribution in [0.2, 0.25) is 0 Å². The van der Waals surface area contributed by atoms with E-state index in [9.17, 15) is 9.59 Å². The molecule has 0 saturated carbocycles. The number of thiazole rings is 1. The van der Waals surface area contributed by atoms with Crippen molar-refractivity contribution in [3.8, 4) is 5.75 Å². The highest BCUT2D eigenvalue weighted by Gasteiger charge is 2.55. The number of para-hydroxylation sites is 1. The molecule has 2 aliphatic rings. The molecule has 0 fully saturated rings. The van der Waals surface area contributed by atoms with Gasteiger partial charge in [-0.15, -0.1) is 0 Å². The highest BCUT2D eigenvalue weighted by atomic mass is 32.1. The molecule has 2 bridgehead atoms. The molecule has 2 aromatic heterocycles. The number of nitrogens with zero attached hydrogens (tertiary/aromatic N) is 4. The summed E-state index contributed by atoms with van der Waals surface area (Å²) >= 11 is 1.29. The van der Waals surface area contributed by atoms with E-state index in [4.69, 9.17) is 14.5 Å². The topological polar surface area (TPSA) is 87.7 Å². The molecule has 30 heavy (non-hydrogen) atoms. The van der Waals surface area contributed by atoms with E-state index in [0.717, 1.165) is 11.3 Å². The van der Waals surface area contributed by atoms with E-state index in [2.05, 4.69) is 5.10 Å². The van der Waals surface area contributed by atoms with E-state index in [-0.39, 0.29) is 5.56 Å². The van der Waals surface area contributed by atoms with Gasteiger partial charge in [-0.3, -0.25) is 18.8 Å². The van der Waals surface area contributed by atoms with Crippen LogP contribution in [0.25, 0.3) is 6.08 Å². The molecule has 5 rings (SSSR count). The molecule has 0 amide bonds. The average Bonchev–Trinajstić information content (AvgIpc) is 3.30. The van der Waals surface area contributed by atoms with Gasteiger partial charge in [0.15, 0.2) is 4.80 Å². The summed E-state index contributed by atoms with van der Waals surface area (Å²) in [5.74, 6) is -0.613. The second-order valence-electron chi connectivity index (χ2n) is 7.39. The lowest BCUT2D eigenvalue weighted by molar-refractivity contribution is -0.158. The van der Waals surface area contributed by atoms with Gasteiger partial charge in [0.2, 0.25) is 5.72 Å². The second-order valence-corrected chi connectivity index (χ2v) is 8.40. The Balaban J connectivity index is 1.80. The van der Waals surface area contributed by atoms with Gasteiger partial charge in [-0.25, -0.2) is 4.99 Å². The predicted octanol–water partition coefficient (Wildman–Crippen LogP) is 1.08. The van der Waals surface area contributed by atoms with Crippen molar-refractivity contribution >= 4 is 23.4 Å². The molecule has 1 aromatic carbocycles. The Labute approximate surface area is 175 Å². The van der Waals surface area contributed by atoms with Gasteiger partial charge in [-0.05, 0) is 32.1 Å². The molecule has 0 N–H and O–H groups in total. The van der Waals surface area contributed by atoms with Crippen molar-refractivity contribution in [1.29, 1.82) is 0 Å². The zero-order valence-corrected chi connectivity index (χ0v) is 17.5. The maximum absolute atomic E-state index is 13.5. The first-order valence-electron chi connectivity index (χ1n) is 9.67. The summed E-state index contributed by atoms with van der Waals surface area (Å²) in [6.07, 6.45) is 3.52. The van der Waals surface area contributed by atoms with Gasteiger partial charge in [-0.1, -0.05) is 29.5 Å². The number of hydrogen-bond acceptors (Lipinski definition) is 7. The van der Waals surface area contributed by atoms with Crippen molar-refractivity contribution in [3.63, 3.8) is 0 Å². The SMILES string of the molecule is CCn1nccc1C=c1sc2n(c1=O)C1c3ccccc3OC(C)(N=2)C1C(=O)OC. The van der Waals surface area contributed by atoms with E-state index in [1.165, 1.54) is 18.4 Å². The van der Waals surface area contributed by atoms with Crippen LogP contribution in [0.4, 0.5) is 0 Å². The summed E-state index contributed by atoms with van der Waals surface area (Å²) in [7, 11) is 1.34. The lowest BCUT2D eigenvalue weighted by Gasteiger charge is -2.44. The van der Waals surface area contributed by atoms with Crippen LogP contribution in [0, 0.1) is 5.92 Å². The Morgan fingerprint density at radius 3 is 2.93 bits per heavy atom. The molecule has 8 nitrogen and oxygen atoms in total. The minimum absolute atomic E-state index is 0.194. The highest BCUT2D eigenvalue weighted by Crippen LogP contribution is 2.47. The maximum Gasteiger partial charge on any atom is 0.317 e. The Bertz CT molecular complexity index is 1340. The lowest BCUT2D eigenvalue weighted by atomic mass is 9.81. The average molecular weight is 424 g/mol. The monoisotopic (exact) mass is 424 g/mol. The first-order valence-corrected chi connectivity index (χ1v) is 10.5. The summed E-state index contributed by atoms with van der Waals surface area (Å²) < 4.78 is 15.2. The van der Waals surface area contributed by atoms with Crippen LogP contribution in [0.15, 0.2) is 46.3 Å². The quantitative estimate of drug-likeness (QED) is 0.587. The maximum atomic E-state index is 13.5. The van der Waals surface area contributed by atoms with E-state index in [1.54, 1.807) is 17.7 Å². The summed E-state index contributed by atoms with van der Waals surface area (Å²) in [5, 5.41) is 4.26. The van der Waals surface area contributed by atoms with Crippen LogP contribution in [-0.4, -0.2) is 33.2 Å². The number of aryl methyl sites for hydroxylation is 1. The Hall–Kier alpha value is -3.20. The third-order valence-corrected chi connectivity index (χ3v) is 6.65. The predicted molar refractivity (Wildman–Crippen MR) is 110 cm³/mol. The summed E-state index contributed by atoms with van der Waals surface area (Å²) in [6, 6.07) is 8.75. The van der Waals surface area contributed by atoms with Crippen molar-refractivity contribution in [2.45, 2.75) is 32.2 Å². The molecule has 0 aliphatic carbocycles. The van der Waals surface area contributed by atoms with Gasteiger partial charge in [0.05, 0.1) is 23.4 Å². The number of hydrogen-bond donors (Lipinski definition) is 0. The van der Waals surface area contributed by atoms with E-state index >= 15 is 0 Å². The summed E-state index contributed by atoms with van der Waals surface area (Å²) in [4.78, 5) is 31.5. The fourth-order valence-corrected chi connectivity index (χ4v) is 5.38. The van der Waals surface area contributed by atoms with Crippen molar-refractivity contribution in [2.75, 3.05) is 7.11 Å². The van der Waals surface area contributed by atoms with Crippen molar-refractivity contribution in [3.05, 3.63) is 67.5 Å². The molecule has 2 aliphatic heterocycles. The standard InChI is InChI=1S/C21H20N4O4S/c1-4-24-12(9-10-22-24)11-15-18(26)25-17-13-7-5-6-8-14(13)29-21(2,23-20(25)30-15)16(17)19(27)28-3/h5-11,16-17H,4H2,1-3H3. The van der Waals surface area contributed by atoms with Crippen LogP contribution < -0.4 is 19.6 Å². The molecular weight excluding hydrogens is 404 g/mol. The zero-order chi connectivity index (χ0) is 21.0. The Morgan fingerprint density at radius 1 is 1.37 bits per heavy atom. The first kappa shape index (κ1) is 18.8. The van der Waals surface area contributed by atoms with Crippen LogP contribution in [0.1, 0.15) is 31.1 Å². The number of carbonyl (C=O) groups is 1. The minimum atomic E-state index is -1.16. The summed E-state index contributed by atoms with van der Waals surface area (Å²) in [6.45, 7) is 4.45. The zero-order valence-electron chi connectivity index (χ0n) is 16.7. The van der Waals surface area contributed by atoms with Gasteiger partial charge in [-0.2, -0.15) is 5.10 Å². The smallest absolute Gasteiger partial charge is 0.317 e. The molecule has 3 aromatic rings. The number of esters is 1. The van der Waals surface area contributed by atoms with Crippen LogP contribution >= 0.6 is 11.3 Å². The number of carbonyl (C=O) groups excluding carboxylic acids is 1. The second kappa shape index (κ2) is 6.66. The molecule has 0 spiro atoms. The molecule has 3 unspecified atom stereocenters. The van der Waals surface area contributed by atoms with Crippen molar-refractivity contribution in [2.24, 2.45) is 10.9 Å². The molecule has 9 heteroatoms. The third kappa shape index (κ3) is 2.58. The van der Waals surface area contributed by atoms with E-state index < -0.39 is 23.7 Å². The van der Waals surface area contributed by atoms with E-state index in [1.807, 2.05) is 48.0 Å². The Kier molecular flexibility index (Phi) is 4.18. The number of benzene rings is 1. The number of rotatable bonds is 3. The fourth-order valence-electron chi connectivity index (χ4n) is 4.30. The number of ether oxygens (including phenoxy) is 2. The van der Waals surface area contributed by atoms with Gasteiger partial charge < -0.3 is 9.47 Å². The van der Waals surface area contributed by atoms with Gasteiger partial charge in [0.1, 0.15) is 11.7 Å². The fraction of sp³-hybridized carbons (Fsp3) is 0.333. The molecule has 4 heterocycles. The van der Waals surface area contributed by atoms with Crippen molar-refractivity contribution < 1.29 is 14.3 Å². The molecule has 154 valence electrons. The molecule has 0 radical (unpaired) electrons. The lowest BCUT2D eigenvalue weighted by Crippen LogP contribution is -2.58. The van der Waals surface area contributed by atoms with E-state index in [0.29, 0.717) is 21.6 Å². The van der Waals surface area contributed by atoms with Crippen LogP contribution in [-0.2, 0) is 16.1 Å². The van der Waals surface area contributed by atoms with Gasteiger partial charge in [0.25, 0.3) is 5.56 Å². The van der Waals surface area contributed by atoms with Crippen molar-refractivity contribution in [1.82, 2.24) is 14.3 Å². The number of methoxy groups -OCH3 is 1. The first-order chi connectivity index (χ1) is 14.5. The third-order valence-electron chi connectivity index (χ3n) is 5.66. The Morgan fingerprint density at radius 2 is 2.17 bits per heavy atom. The largest absolute Gasteiger partial charge is 0.469 e. The van der Waals surface area contributed by atoms with Gasteiger partial charge >= 0.3 is 5.97 Å². The van der Waals surface area contributed by atoms with Crippen LogP contribution in [0.5, 0.6) is 5.75 Å². The summed E-state index contributed by atoms with van der Waals surface area (Å²) in [5.41, 5.74) is 0.252. The molecular formula is C21H20N4O4S. The molecule has 0 saturated heterocycles. The molecule has 3 atom stereocenters. The number of fused-ring (bicyclic) bond motifs is 6.